The topological polar surface area (TPSA) is 20.2 Å². The van der Waals surface area contributed by atoms with Crippen molar-refractivity contribution in [1.29, 1.82) is 0 Å². The third kappa shape index (κ3) is 1.24. The molecule has 0 aliphatic heterocycles. The van der Waals surface area contributed by atoms with Gasteiger partial charge in [-0.15, -0.1) is 6.58 Å². The van der Waals surface area contributed by atoms with E-state index in [4.69, 9.17) is 0 Å². The molecular formula is C9H16O. The second-order valence-electron chi connectivity index (χ2n) is 3.55. The van der Waals surface area contributed by atoms with Crippen LogP contribution in [0.1, 0.15) is 32.6 Å². The minimum Gasteiger partial charge on any atom is -0.393 e. The third-order valence-electron chi connectivity index (χ3n) is 2.64. The molecule has 0 aromatic carbocycles. The molecule has 1 nitrogen and oxygen atoms in total. The van der Waals surface area contributed by atoms with Crippen LogP contribution in [0.3, 0.4) is 0 Å². The van der Waals surface area contributed by atoms with E-state index < -0.39 is 0 Å². The predicted molar refractivity (Wildman–Crippen MR) is 42.8 cm³/mol. The van der Waals surface area contributed by atoms with Crippen LogP contribution in [-0.2, 0) is 0 Å². The van der Waals surface area contributed by atoms with E-state index in [0.29, 0.717) is 0 Å². The van der Waals surface area contributed by atoms with Crippen LogP contribution in [0.15, 0.2) is 12.7 Å². The van der Waals surface area contributed by atoms with E-state index >= 15 is 0 Å². The van der Waals surface area contributed by atoms with E-state index in [1.54, 1.807) is 0 Å². The largest absolute Gasteiger partial charge is 0.393 e. The van der Waals surface area contributed by atoms with E-state index in [0.717, 1.165) is 19.3 Å². The van der Waals surface area contributed by atoms with Gasteiger partial charge in [0, 0.05) is 0 Å². The molecule has 0 heterocycles. The molecule has 0 bridgehead atoms. The van der Waals surface area contributed by atoms with Gasteiger partial charge < -0.3 is 5.11 Å². The van der Waals surface area contributed by atoms with Crippen LogP contribution in [0.2, 0.25) is 0 Å². The molecule has 2 unspecified atom stereocenters. The van der Waals surface area contributed by atoms with Crippen molar-refractivity contribution < 1.29 is 5.11 Å². The molecule has 10 heavy (non-hydrogen) atoms. The van der Waals surface area contributed by atoms with Crippen LogP contribution in [0.4, 0.5) is 0 Å². The van der Waals surface area contributed by atoms with Gasteiger partial charge in [0.05, 0.1) is 6.10 Å². The minimum absolute atomic E-state index is 0.0921. The molecule has 1 rings (SSSR count). The maximum Gasteiger partial charge on any atom is 0.0596 e. The SMILES string of the molecule is C=CCC1(C)CCCC1O. The fourth-order valence-corrected chi connectivity index (χ4v) is 1.78. The van der Waals surface area contributed by atoms with E-state index in [1.807, 2.05) is 6.08 Å². The summed E-state index contributed by atoms with van der Waals surface area (Å²) >= 11 is 0. The summed E-state index contributed by atoms with van der Waals surface area (Å²) in [5.74, 6) is 0. The lowest BCUT2D eigenvalue weighted by Gasteiger charge is -2.26. The summed E-state index contributed by atoms with van der Waals surface area (Å²) in [6.45, 7) is 5.84. The van der Waals surface area contributed by atoms with Crippen LogP contribution in [0.5, 0.6) is 0 Å². The summed E-state index contributed by atoms with van der Waals surface area (Å²) in [4.78, 5) is 0. The van der Waals surface area contributed by atoms with Gasteiger partial charge in [0.25, 0.3) is 0 Å². The monoisotopic (exact) mass is 140 g/mol. The Morgan fingerprint density at radius 2 is 2.50 bits per heavy atom. The molecule has 0 aromatic heterocycles. The maximum absolute atomic E-state index is 9.53. The van der Waals surface area contributed by atoms with Gasteiger partial charge in [-0.05, 0) is 24.7 Å². The van der Waals surface area contributed by atoms with E-state index in [1.165, 1.54) is 6.42 Å². The van der Waals surface area contributed by atoms with Crippen molar-refractivity contribution in [2.24, 2.45) is 5.41 Å². The summed E-state index contributed by atoms with van der Waals surface area (Å²) in [5, 5.41) is 9.53. The molecule has 58 valence electrons. The molecule has 1 aliphatic rings. The van der Waals surface area contributed by atoms with Crippen molar-refractivity contribution in [3.05, 3.63) is 12.7 Å². The minimum atomic E-state index is -0.0921. The Hall–Kier alpha value is -0.300. The van der Waals surface area contributed by atoms with Gasteiger partial charge in [0.2, 0.25) is 0 Å². The number of rotatable bonds is 2. The standard InChI is InChI=1S/C9H16O/c1-3-6-9(2)7-4-5-8(9)10/h3,8,10H,1,4-7H2,2H3. The summed E-state index contributed by atoms with van der Waals surface area (Å²) in [7, 11) is 0. The normalized spacial score (nSPS) is 40.0. The van der Waals surface area contributed by atoms with Crippen molar-refractivity contribution in [3.8, 4) is 0 Å². The number of aliphatic hydroxyl groups excluding tert-OH is 1. The molecule has 0 amide bonds. The first-order chi connectivity index (χ1) is 4.69. The lowest BCUT2D eigenvalue weighted by atomic mass is 9.83. The molecule has 0 aromatic rings. The second-order valence-corrected chi connectivity index (χ2v) is 3.55. The van der Waals surface area contributed by atoms with Crippen LogP contribution in [0, 0.1) is 5.41 Å². The van der Waals surface area contributed by atoms with Gasteiger partial charge in [-0.2, -0.15) is 0 Å². The molecule has 0 radical (unpaired) electrons. The predicted octanol–water partition coefficient (Wildman–Crippen LogP) is 2.11. The highest BCUT2D eigenvalue weighted by atomic mass is 16.3. The summed E-state index contributed by atoms with van der Waals surface area (Å²) in [6, 6.07) is 0. The Bertz CT molecular complexity index is 131. The Balaban J connectivity index is 2.56. The second kappa shape index (κ2) is 2.75. The first-order valence-electron chi connectivity index (χ1n) is 3.98. The quantitative estimate of drug-likeness (QED) is 0.582. The Kier molecular flexibility index (Phi) is 2.14. The first kappa shape index (κ1) is 7.80. The molecule has 1 aliphatic carbocycles. The zero-order chi connectivity index (χ0) is 7.61. The van der Waals surface area contributed by atoms with Crippen LogP contribution in [0.25, 0.3) is 0 Å². The van der Waals surface area contributed by atoms with E-state index in [-0.39, 0.29) is 11.5 Å². The van der Waals surface area contributed by atoms with Crippen molar-refractivity contribution in [1.82, 2.24) is 0 Å². The zero-order valence-electron chi connectivity index (χ0n) is 6.64. The van der Waals surface area contributed by atoms with E-state index in [2.05, 4.69) is 13.5 Å². The van der Waals surface area contributed by atoms with Crippen molar-refractivity contribution in [2.45, 2.75) is 38.7 Å². The summed E-state index contributed by atoms with van der Waals surface area (Å²) in [6.07, 6.45) is 6.07. The zero-order valence-corrected chi connectivity index (χ0v) is 6.64. The Labute approximate surface area is 62.8 Å². The highest BCUT2D eigenvalue weighted by molar-refractivity contribution is 4.92. The first-order valence-corrected chi connectivity index (χ1v) is 3.98. The molecule has 2 atom stereocenters. The molecule has 0 spiro atoms. The van der Waals surface area contributed by atoms with Crippen molar-refractivity contribution >= 4 is 0 Å². The fraction of sp³-hybridized carbons (Fsp3) is 0.778. The van der Waals surface area contributed by atoms with Gasteiger partial charge in [-0.3, -0.25) is 0 Å². The average Bonchev–Trinajstić information content (AvgIpc) is 2.15. The lowest BCUT2D eigenvalue weighted by Crippen LogP contribution is -2.25. The van der Waals surface area contributed by atoms with Crippen molar-refractivity contribution in [2.75, 3.05) is 0 Å². The molecule has 1 saturated carbocycles. The summed E-state index contributed by atoms with van der Waals surface area (Å²) in [5.41, 5.74) is 0.141. The van der Waals surface area contributed by atoms with E-state index in [9.17, 15) is 5.11 Å². The van der Waals surface area contributed by atoms with Crippen molar-refractivity contribution in [3.63, 3.8) is 0 Å². The Morgan fingerprint density at radius 3 is 2.90 bits per heavy atom. The van der Waals surface area contributed by atoms with Gasteiger partial charge in [-0.1, -0.05) is 19.4 Å². The Morgan fingerprint density at radius 1 is 1.80 bits per heavy atom. The molecular weight excluding hydrogens is 124 g/mol. The average molecular weight is 140 g/mol. The number of hydrogen-bond donors (Lipinski definition) is 1. The maximum atomic E-state index is 9.53. The summed E-state index contributed by atoms with van der Waals surface area (Å²) < 4.78 is 0. The van der Waals surface area contributed by atoms with Gasteiger partial charge in [0.1, 0.15) is 0 Å². The van der Waals surface area contributed by atoms with Crippen LogP contribution >= 0.6 is 0 Å². The number of hydrogen-bond acceptors (Lipinski definition) is 1. The highest BCUT2D eigenvalue weighted by Crippen LogP contribution is 2.40. The van der Waals surface area contributed by atoms with Crippen LogP contribution < -0.4 is 0 Å². The van der Waals surface area contributed by atoms with Gasteiger partial charge in [-0.25, -0.2) is 0 Å². The smallest absolute Gasteiger partial charge is 0.0596 e. The van der Waals surface area contributed by atoms with Gasteiger partial charge in [0.15, 0.2) is 0 Å². The highest BCUT2D eigenvalue weighted by Gasteiger charge is 2.35. The third-order valence-corrected chi connectivity index (χ3v) is 2.64. The fourth-order valence-electron chi connectivity index (χ4n) is 1.78. The molecule has 1 N–H and O–H groups in total. The lowest BCUT2D eigenvalue weighted by molar-refractivity contribution is 0.0684. The van der Waals surface area contributed by atoms with Crippen LogP contribution in [-0.4, -0.2) is 11.2 Å². The molecule has 1 fully saturated rings. The number of allylic oxidation sites excluding steroid dienone is 1. The molecule has 0 saturated heterocycles. The van der Waals surface area contributed by atoms with Gasteiger partial charge >= 0.3 is 0 Å². The molecule has 1 heteroatoms. The number of aliphatic hydroxyl groups is 1.